The van der Waals surface area contributed by atoms with E-state index in [1.165, 1.54) is 6.92 Å². The Kier molecular flexibility index (Phi) is 4.90. The summed E-state index contributed by atoms with van der Waals surface area (Å²) in [5, 5.41) is 13.6. The van der Waals surface area contributed by atoms with Crippen molar-refractivity contribution in [1.82, 2.24) is 14.7 Å². The first kappa shape index (κ1) is 20.5. The number of alkyl halides is 3. The van der Waals surface area contributed by atoms with Crippen LogP contribution >= 0.6 is 0 Å². The number of nitrogens with zero attached hydrogens (tertiary/aromatic N) is 3. The van der Waals surface area contributed by atoms with E-state index in [9.17, 15) is 27.9 Å². The highest BCUT2D eigenvalue weighted by molar-refractivity contribution is 5.91. The molecule has 3 heterocycles. The van der Waals surface area contributed by atoms with E-state index < -0.39 is 23.5 Å². The Balaban J connectivity index is 1.67. The summed E-state index contributed by atoms with van der Waals surface area (Å²) in [6, 6.07) is 0. The van der Waals surface area contributed by atoms with Crippen molar-refractivity contribution in [2.75, 3.05) is 13.1 Å². The fourth-order valence-corrected chi connectivity index (χ4v) is 4.46. The molecule has 0 spiro atoms. The van der Waals surface area contributed by atoms with Crippen LogP contribution in [0.5, 0.6) is 0 Å². The van der Waals surface area contributed by atoms with Gasteiger partial charge in [-0.25, -0.2) is 4.79 Å². The molecule has 1 aliphatic heterocycles. The number of aromatic nitrogens is 2. The van der Waals surface area contributed by atoms with Gasteiger partial charge in [0.05, 0.1) is 11.3 Å². The Morgan fingerprint density at radius 3 is 2.53 bits per heavy atom. The number of amides is 1. The molecule has 2 aromatic rings. The minimum atomic E-state index is -4.87. The number of likely N-dealkylation sites (tertiary alicyclic amines) is 1. The van der Waals surface area contributed by atoms with E-state index in [1.54, 1.807) is 15.8 Å². The summed E-state index contributed by atoms with van der Waals surface area (Å²) in [6.45, 7) is 5.24. The van der Waals surface area contributed by atoms with Crippen molar-refractivity contribution in [3.63, 3.8) is 0 Å². The van der Waals surface area contributed by atoms with Gasteiger partial charge in [-0.05, 0) is 24.7 Å². The van der Waals surface area contributed by atoms with Crippen LogP contribution in [0.15, 0.2) is 10.6 Å². The first-order valence-electron chi connectivity index (χ1n) is 9.85. The average Bonchev–Trinajstić information content (AvgIpc) is 3.23. The molecule has 162 valence electrons. The molecule has 1 atom stereocenters. The standard InChI is InChI=1S/C20H22F3N3O4/c1-10-7-14-15(16(20(21,22)23)18(30-14)19(28)29)17-13(10)9-26(24-17)8-12-3-5-25(6-4-12)11(2)27/h9-10,12H,3-8H2,1-2H3,(H,28,29)/t10-/m1/s1. The zero-order valence-electron chi connectivity index (χ0n) is 16.6. The lowest BCUT2D eigenvalue weighted by Gasteiger charge is -2.31. The molecule has 0 bridgehead atoms. The maximum atomic E-state index is 13.7. The molecular weight excluding hydrogens is 403 g/mol. The van der Waals surface area contributed by atoms with E-state index in [4.69, 9.17) is 4.42 Å². The highest BCUT2D eigenvalue weighted by atomic mass is 19.4. The quantitative estimate of drug-likeness (QED) is 0.809. The summed E-state index contributed by atoms with van der Waals surface area (Å²) < 4.78 is 47.9. The summed E-state index contributed by atoms with van der Waals surface area (Å²) in [6.07, 6.45) is -1.33. The van der Waals surface area contributed by atoms with Gasteiger partial charge in [-0.1, -0.05) is 6.92 Å². The van der Waals surface area contributed by atoms with E-state index in [-0.39, 0.29) is 41.2 Å². The molecule has 1 amide bonds. The number of rotatable bonds is 3. The molecule has 7 nitrogen and oxygen atoms in total. The summed E-state index contributed by atoms with van der Waals surface area (Å²) >= 11 is 0. The van der Waals surface area contributed by atoms with Gasteiger partial charge in [-0.2, -0.15) is 18.3 Å². The fraction of sp³-hybridized carbons (Fsp3) is 0.550. The van der Waals surface area contributed by atoms with Crippen LogP contribution in [0.2, 0.25) is 0 Å². The number of carboxylic acid groups (broad SMARTS) is 1. The number of aromatic carboxylic acids is 1. The number of halogens is 3. The Morgan fingerprint density at radius 2 is 1.97 bits per heavy atom. The van der Waals surface area contributed by atoms with Crippen LogP contribution in [-0.4, -0.2) is 44.8 Å². The second-order valence-corrected chi connectivity index (χ2v) is 8.12. The molecule has 2 aliphatic rings. The third-order valence-corrected chi connectivity index (χ3v) is 6.01. The highest BCUT2D eigenvalue weighted by Gasteiger charge is 2.46. The van der Waals surface area contributed by atoms with Gasteiger partial charge in [0.15, 0.2) is 0 Å². The van der Waals surface area contributed by atoms with Gasteiger partial charge in [0.2, 0.25) is 11.7 Å². The summed E-state index contributed by atoms with van der Waals surface area (Å²) in [5.41, 5.74) is -0.711. The second-order valence-electron chi connectivity index (χ2n) is 8.12. The molecule has 10 heteroatoms. The second kappa shape index (κ2) is 7.17. The molecule has 1 saturated heterocycles. The van der Waals surface area contributed by atoms with Gasteiger partial charge in [0.1, 0.15) is 11.3 Å². The predicted molar refractivity (Wildman–Crippen MR) is 99.0 cm³/mol. The maximum absolute atomic E-state index is 13.7. The van der Waals surface area contributed by atoms with Crippen molar-refractivity contribution in [3.8, 4) is 11.3 Å². The molecule has 0 aromatic carbocycles. The van der Waals surface area contributed by atoms with Gasteiger partial charge in [0.25, 0.3) is 0 Å². The van der Waals surface area contributed by atoms with Crippen LogP contribution in [0.3, 0.4) is 0 Å². The zero-order valence-corrected chi connectivity index (χ0v) is 16.6. The van der Waals surface area contributed by atoms with Crippen molar-refractivity contribution in [3.05, 3.63) is 28.8 Å². The largest absolute Gasteiger partial charge is 0.475 e. The molecule has 1 N–H and O–H groups in total. The molecular formula is C20H22F3N3O4. The van der Waals surface area contributed by atoms with E-state index >= 15 is 0 Å². The Morgan fingerprint density at radius 1 is 1.30 bits per heavy atom. The van der Waals surface area contributed by atoms with E-state index in [0.717, 1.165) is 12.8 Å². The predicted octanol–water partition coefficient (Wildman–Crippen LogP) is 3.78. The normalized spacial score (nSPS) is 19.5. The van der Waals surface area contributed by atoms with Gasteiger partial charge < -0.3 is 14.4 Å². The molecule has 2 aromatic heterocycles. The topological polar surface area (TPSA) is 88.6 Å². The number of carboxylic acids is 1. The molecule has 0 unspecified atom stereocenters. The Labute approximate surface area is 170 Å². The first-order chi connectivity index (χ1) is 14.1. The minimum absolute atomic E-state index is 0.0136. The number of carbonyl (C=O) groups excluding carboxylic acids is 1. The molecule has 0 radical (unpaired) electrons. The Hall–Kier alpha value is -2.78. The number of carbonyl (C=O) groups is 2. The zero-order chi connectivity index (χ0) is 21.8. The minimum Gasteiger partial charge on any atom is -0.475 e. The monoisotopic (exact) mass is 425 g/mol. The number of hydrogen-bond acceptors (Lipinski definition) is 4. The van der Waals surface area contributed by atoms with Crippen LogP contribution in [-0.2, 0) is 23.9 Å². The number of piperidine rings is 1. The molecule has 1 fully saturated rings. The van der Waals surface area contributed by atoms with E-state index in [2.05, 4.69) is 5.10 Å². The molecule has 30 heavy (non-hydrogen) atoms. The van der Waals surface area contributed by atoms with Crippen LogP contribution in [0.1, 0.15) is 60.0 Å². The van der Waals surface area contributed by atoms with Gasteiger partial charge in [-0.15, -0.1) is 0 Å². The summed E-state index contributed by atoms with van der Waals surface area (Å²) in [4.78, 5) is 24.6. The summed E-state index contributed by atoms with van der Waals surface area (Å²) in [5.74, 6) is -2.66. The Bertz CT molecular complexity index is 1000. The lowest BCUT2D eigenvalue weighted by molar-refractivity contribution is -0.138. The SMILES string of the molecule is CC(=O)N1CCC(Cn2cc3c(n2)-c2c(oc(C(=O)O)c2C(F)(F)F)C[C@H]3C)CC1. The molecule has 4 rings (SSSR count). The third-order valence-electron chi connectivity index (χ3n) is 6.01. The van der Waals surface area contributed by atoms with Crippen molar-refractivity contribution >= 4 is 11.9 Å². The average molecular weight is 425 g/mol. The van der Waals surface area contributed by atoms with E-state index in [1.807, 2.05) is 6.92 Å². The highest BCUT2D eigenvalue weighted by Crippen LogP contribution is 2.48. The molecule has 0 saturated carbocycles. The van der Waals surface area contributed by atoms with Gasteiger partial charge in [-0.3, -0.25) is 9.48 Å². The number of fused-ring (bicyclic) bond motifs is 3. The lowest BCUT2D eigenvalue weighted by Crippen LogP contribution is -2.38. The van der Waals surface area contributed by atoms with Crippen molar-refractivity contribution in [2.24, 2.45) is 5.92 Å². The number of hydrogen-bond donors (Lipinski definition) is 1. The smallest absolute Gasteiger partial charge is 0.421 e. The van der Waals surface area contributed by atoms with Crippen molar-refractivity contribution in [2.45, 2.75) is 51.7 Å². The fourth-order valence-electron chi connectivity index (χ4n) is 4.46. The van der Waals surface area contributed by atoms with Crippen molar-refractivity contribution < 1.29 is 32.3 Å². The first-order valence-corrected chi connectivity index (χ1v) is 9.85. The maximum Gasteiger partial charge on any atom is 0.421 e. The van der Waals surface area contributed by atoms with E-state index in [0.29, 0.717) is 25.2 Å². The van der Waals surface area contributed by atoms with Crippen molar-refractivity contribution in [1.29, 1.82) is 0 Å². The van der Waals surface area contributed by atoms with Crippen LogP contribution < -0.4 is 0 Å². The van der Waals surface area contributed by atoms with Crippen LogP contribution in [0.4, 0.5) is 13.2 Å². The van der Waals surface area contributed by atoms with Crippen LogP contribution in [0, 0.1) is 5.92 Å². The van der Waals surface area contributed by atoms with Gasteiger partial charge >= 0.3 is 12.1 Å². The van der Waals surface area contributed by atoms with Gasteiger partial charge in [0, 0.05) is 44.7 Å². The molecule has 1 aliphatic carbocycles. The lowest BCUT2D eigenvalue weighted by atomic mass is 9.86. The van der Waals surface area contributed by atoms with Crippen LogP contribution in [0.25, 0.3) is 11.3 Å². The summed E-state index contributed by atoms with van der Waals surface area (Å²) in [7, 11) is 0. The number of furan rings is 1. The third kappa shape index (κ3) is 3.48.